The van der Waals surface area contributed by atoms with Crippen molar-refractivity contribution in [2.24, 2.45) is 0 Å². The lowest BCUT2D eigenvalue weighted by molar-refractivity contribution is -0.122. The number of amides is 4. The minimum Gasteiger partial charge on any atom is -0.465 e. The van der Waals surface area contributed by atoms with E-state index in [2.05, 4.69) is 10.1 Å². The Bertz CT molecular complexity index is 1270. The number of hydrogen-bond acceptors (Lipinski definition) is 6. The molecule has 1 saturated heterocycles. The molecule has 0 spiro atoms. The summed E-state index contributed by atoms with van der Waals surface area (Å²) in [4.78, 5) is 50.2. The molecule has 166 valence electrons. The molecule has 3 aromatic rings. The Morgan fingerprint density at radius 3 is 2.33 bits per heavy atom. The van der Waals surface area contributed by atoms with Gasteiger partial charge in [-0.3, -0.25) is 14.9 Å². The number of imide groups is 2. The van der Waals surface area contributed by atoms with Gasteiger partial charge in [0.2, 0.25) is 0 Å². The molecule has 1 aliphatic heterocycles. The van der Waals surface area contributed by atoms with E-state index < -0.39 is 23.8 Å². The number of esters is 1. The van der Waals surface area contributed by atoms with Gasteiger partial charge in [-0.2, -0.15) is 0 Å². The number of benzene rings is 2. The Balaban J connectivity index is 1.60. The van der Waals surface area contributed by atoms with E-state index >= 15 is 0 Å². The number of methoxy groups -OCH3 is 1. The molecule has 0 bridgehead atoms. The lowest BCUT2D eigenvalue weighted by Gasteiger charge is -2.26. The molecule has 8 nitrogen and oxygen atoms in total. The van der Waals surface area contributed by atoms with E-state index in [1.54, 1.807) is 48.5 Å². The number of nitrogens with one attached hydrogen (secondary N) is 1. The molecular formula is C25H20N2O6. The zero-order valence-corrected chi connectivity index (χ0v) is 18.0. The number of hydrogen-bond donors (Lipinski definition) is 1. The van der Waals surface area contributed by atoms with Crippen LogP contribution in [0.15, 0.2) is 70.7 Å². The highest BCUT2D eigenvalue weighted by molar-refractivity contribution is 6.39. The maximum absolute atomic E-state index is 13.0. The first-order valence-corrected chi connectivity index (χ1v) is 10.2. The number of rotatable bonds is 5. The molecule has 0 aliphatic carbocycles. The van der Waals surface area contributed by atoms with Crippen LogP contribution in [0.25, 0.3) is 17.4 Å². The Morgan fingerprint density at radius 1 is 1.00 bits per heavy atom. The number of barbiturate groups is 1. The normalized spacial score (nSPS) is 15.0. The fourth-order valence-electron chi connectivity index (χ4n) is 3.39. The first-order chi connectivity index (χ1) is 15.9. The third kappa shape index (κ3) is 4.31. The summed E-state index contributed by atoms with van der Waals surface area (Å²) >= 11 is 0. The second-order valence-corrected chi connectivity index (χ2v) is 7.25. The molecule has 0 radical (unpaired) electrons. The van der Waals surface area contributed by atoms with Gasteiger partial charge in [0.1, 0.15) is 17.1 Å². The van der Waals surface area contributed by atoms with Gasteiger partial charge in [0.25, 0.3) is 11.8 Å². The van der Waals surface area contributed by atoms with E-state index in [-0.39, 0.29) is 11.3 Å². The van der Waals surface area contributed by atoms with Crippen molar-refractivity contribution in [2.75, 3.05) is 12.0 Å². The van der Waals surface area contributed by atoms with Gasteiger partial charge in [0, 0.05) is 5.56 Å². The summed E-state index contributed by atoms with van der Waals surface area (Å²) in [5.41, 5.74) is 2.28. The second-order valence-electron chi connectivity index (χ2n) is 7.25. The number of nitrogens with zero attached hydrogens (tertiary/aromatic N) is 1. The minimum absolute atomic E-state index is 0.226. The van der Waals surface area contributed by atoms with Gasteiger partial charge >= 0.3 is 12.0 Å². The molecule has 2 aromatic carbocycles. The number of urea groups is 1. The number of carbonyl (C=O) groups is 4. The summed E-state index contributed by atoms with van der Waals surface area (Å²) in [6.45, 7) is 2.00. The SMILES string of the molecule is CCc1ccc(N2C(=O)NC(=O)C(=Cc3ccc(-c4ccc(C(=O)OC)cc4)o3)C2=O)cc1. The molecule has 33 heavy (non-hydrogen) atoms. The average molecular weight is 444 g/mol. The summed E-state index contributed by atoms with van der Waals surface area (Å²) in [6, 6.07) is 16.0. The van der Waals surface area contributed by atoms with Crippen molar-refractivity contribution in [3.63, 3.8) is 0 Å². The van der Waals surface area contributed by atoms with E-state index in [1.807, 2.05) is 19.1 Å². The Kier molecular flexibility index (Phi) is 5.91. The molecule has 0 unspecified atom stereocenters. The van der Waals surface area contributed by atoms with Gasteiger partial charge in [0.05, 0.1) is 18.4 Å². The maximum Gasteiger partial charge on any atom is 0.337 e. The lowest BCUT2D eigenvalue weighted by Crippen LogP contribution is -2.54. The van der Waals surface area contributed by atoms with Crippen LogP contribution in [0.4, 0.5) is 10.5 Å². The molecule has 4 amide bonds. The molecule has 4 rings (SSSR count). The second kappa shape index (κ2) is 8.96. The van der Waals surface area contributed by atoms with Crippen LogP contribution in [0.2, 0.25) is 0 Å². The van der Waals surface area contributed by atoms with Crippen LogP contribution in [0.3, 0.4) is 0 Å². The molecule has 1 aliphatic rings. The van der Waals surface area contributed by atoms with E-state index in [0.29, 0.717) is 22.6 Å². The standard InChI is InChI=1S/C25H20N2O6/c1-3-15-4-10-18(11-5-15)27-23(29)20(22(28)26-25(27)31)14-19-12-13-21(33-19)16-6-8-17(9-7-16)24(30)32-2/h4-14H,3H2,1-2H3,(H,26,28,31). The van der Waals surface area contributed by atoms with Gasteiger partial charge in [-0.25, -0.2) is 14.5 Å². The quantitative estimate of drug-likeness (QED) is 0.363. The van der Waals surface area contributed by atoms with Gasteiger partial charge in [0.15, 0.2) is 0 Å². The van der Waals surface area contributed by atoms with Gasteiger partial charge in [-0.1, -0.05) is 31.2 Å². The van der Waals surface area contributed by atoms with Crippen molar-refractivity contribution in [3.05, 3.63) is 83.1 Å². The predicted molar refractivity (Wildman–Crippen MR) is 120 cm³/mol. The molecule has 1 aromatic heterocycles. The molecule has 0 saturated carbocycles. The molecule has 1 fully saturated rings. The summed E-state index contributed by atoms with van der Waals surface area (Å²) < 4.78 is 10.4. The van der Waals surface area contributed by atoms with Crippen molar-refractivity contribution >= 4 is 35.6 Å². The first kappa shape index (κ1) is 21.8. The van der Waals surface area contributed by atoms with Crippen LogP contribution in [0.5, 0.6) is 0 Å². The van der Waals surface area contributed by atoms with E-state index in [1.165, 1.54) is 13.2 Å². The highest BCUT2D eigenvalue weighted by atomic mass is 16.5. The molecule has 8 heteroatoms. The Labute approximate surface area is 189 Å². The van der Waals surface area contributed by atoms with E-state index in [0.717, 1.165) is 16.9 Å². The summed E-state index contributed by atoms with van der Waals surface area (Å²) in [5.74, 6) is -1.25. The van der Waals surface area contributed by atoms with Gasteiger partial charge < -0.3 is 9.15 Å². The van der Waals surface area contributed by atoms with Crippen LogP contribution in [-0.2, 0) is 20.7 Å². The predicted octanol–water partition coefficient (Wildman–Crippen LogP) is 3.96. The third-order valence-corrected chi connectivity index (χ3v) is 5.21. The van der Waals surface area contributed by atoms with E-state index in [9.17, 15) is 19.2 Å². The van der Waals surface area contributed by atoms with Crippen LogP contribution >= 0.6 is 0 Å². The molecule has 2 heterocycles. The number of anilines is 1. The number of aryl methyl sites for hydroxylation is 1. The zero-order chi connectivity index (χ0) is 23.5. The Morgan fingerprint density at radius 2 is 1.70 bits per heavy atom. The lowest BCUT2D eigenvalue weighted by atomic mass is 10.1. The zero-order valence-electron chi connectivity index (χ0n) is 18.0. The van der Waals surface area contributed by atoms with Crippen molar-refractivity contribution in [2.45, 2.75) is 13.3 Å². The smallest absolute Gasteiger partial charge is 0.337 e. The van der Waals surface area contributed by atoms with Gasteiger partial charge in [-0.05, 0) is 54.5 Å². The largest absolute Gasteiger partial charge is 0.465 e. The van der Waals surface area contributed by atoms with Crippen molar-refractivity contribution in [1.29, 1.82) is 0 Å². The van der Waals surface area contributed by atoms with Crippen molar-refractivity contribution in [1.82, 2.24) is 5.32 Å². The number of ether oxygens (including phenoxy) is 1. The van der Waals surface area contributed by atoms with Crippen LogP contribution < -0.4 is 10.2 Å². The average Bonchev–Trinajstić information content (AvgIpc) is 3.30. The highest BCUT2D eigenvalue weighted by Gasteiger charge is 2.37. The van der Waals surface area contributed by atoms with E-state index in [4.69, 9.17) is 4.42 Å². The fraction of sp³-hybridized carbons (Fsp3) is 0.120. The third-order valence-electron chi connectivity index (χ3n) is 5.21. The van der Waals surface area contributed by atoms with Gasteiger partial charge in [-0.15, -0.1) is 0 Å². The molecular weight excluding hydrogens is 424 g/mol. The maximum atomic E-state index is 13.0. The van der Waals surface area contributed by atoms with Crippen molar-refractivity contribution < 1.29 is 28.3 Å². The summed E-state index contributed by atoms with van der Waals surface area (Å²) in [6.07, 6.45) is 2.11. The summed E-state index contributed by atoms with van der Waals surface area (Å²) in [7, 11) is 1.31. The molecule has 1 N–H and O–H groups in total. The highest BCUT2D eigenvalue weighted by Crippen LogP contribution is 2.26. The topological polar surface area (TPSA) is 106 Å². The monoisotopic (exact) mass is 444 g/mol. The summed E-state index contributed by atoms with van der Waals surface area (Å²) in [5, 5.41) is 2.19. The first-order valence-electron chi connectivity index (χ1n) is 10.2. The van der Waals surface area contributed by atoms with Crippen molar-refractivity contribution in [3.8, 4) is 11.3 Å². The number of furan rings is 1. The fourth-order valence-corrected chi connectivity index (χ4v) is 3.39. The Hall–Kier alpha value is -4.46. The van der Waals surface area contributed by atoms with Crippen LogP contribution in [0.1, 0.15) is 28.6 Å². The minimum atomic E-state index is -0.808. The number of carbonyl (C=O) groups excluding carboxylic acids is 4. The van der Waals surface area contributed by atoms with Crippen LogP contribution in [-0.4, -0.2) is 30.9 Å². The van der Waals surface area contributed by atoms with Crippen LogP contribution in [0, 0.1) is 0 Å². The molecule has 0 atom stereocenters.